The maximum absolute atomic E-state index is 5.72. The van der Waals surface area contributed by atoms with Crippen LogP contribution >= 0.6 is 0 Å². The standard InChI is InChI=1S/C10H17O/c1-8(2)7-10-6-4-3-5-9(10)11-10/h7-9H,3-6H2,1-2H3. The van der Waals surface area contributed by atoms with Gasteiger partial charge in [-0.25, -0.2) is 0 Å². The van der Waals surface area contributed by atoms with E-state index in [0.29, 0.717) is 12.0 Å². The molecule has 0 aromatic rings. The van der Waals surface area contributed by atoms with Crippen molar-refractivity contribution < 1.29 is 4.74 Å². The quantitative estimate of drug-likeness (QED) is 0.555. The number of epoxide rings is 1. The Labute approximate surface area is 69.1 Å². The first-order chi connectivity index (χ1) is 5.23. The predicted molar refractivity (Wildman–Crippen MR) is 45.2 cm³/mol. The molecule has 2 unspecified atom stereocenters. The summed E-state index contributed by atoms with van der Waals surface area (Å²) in [6, 6.07) is 0. The molecule has 1 radical (unpaired) electrons. The second-order valence-corrected chi connectivity index (χ2v) is 4.22. The maximum atomic E-state index is 5.72. The number of hydrogen-bond donors (Lipinski definition) is 0. The Morgan fingerprint density at radius 3 is 2.91 bits per heavy atom. The number of hydrogen-bond acceptors (Lipinski definition) is 1. The molecule has 1 nitrogen and oxygen atoms in total. The minimum absolute atomic E-state index is 0.242. The number of fused-ring (bicyclic) bond motifs is 1. The molecular weight excluding hydrogens is 136 g/mol. The third kappa shape index (κ3) is 1.31. The zero-order valence-electron chi connectivity index (χ0n) is 7.47. The van der Waals surface area contributed by atoms with E-state index in [9.17, 15) is 0 Å². The summed E-state index contributed by atoms with van der Waals surface area (Å²) in [7, 11) is 0. The van der Waals surface area contributed by atoms with Crippen molar-refractivity contribution >= 4 is 0 Å². The highest BCUT2D eigenvalue weighted by Crippen LogP contribution is 2.50. The smallest absolute Gasteiger partial charge is 0.0982 e. The average molecular weight is 153 g/mol. The van der Waals surface area contributed by atoms with Crippen LogP contribution in [0.1, 0.15) is 39.5 Å². The summed E-state index contributed by atoms with van der Waals surface area (Å²) in [5, 5.41) is 0. The third-order valence-corrected chi connectivity index (χ3v) is 2.75. The highest BCUT2D eigenvalue weighted by atomic mass is 16.6. The van der Waals surface area contributed by atoms with Gasteiger partial charge in [0.25, 0.3) is 0 Å². The lowest BCUT2D eigenvalue weighted by molar-refractivity contribution is 0.301. The second kappa shape index (κ2) is 2.48. The van der Waals surface area contributed by atoms with Gasteiger partial charge >= 0.3 is 0 Å². The summed E-state index contributed by atoms with van der Waals surface area (Å²) < 4.78 is 5.72. The van der Waals surface area contributed by atoms with Gasteiger partial charge in [0.1, 0.15) is 0 Å². The molecule has 0 amide bonds. The van der Waals surface area contributed by atoms with Crippen LogP contribution in [0.2, 0.25) is 0 Å². The first-order valence-corrected chi connectivity index (χ1v) is 4.77. The lowest BCUT2D eigenvalue weighted by atomic mass is 9.83. The van der Waals surface area contributed by atoms with Gasteiger partial charge in [-0.1, -0.05) is 26.7 Å². The molecule has 0 aromatic heterocycles. The summed E-state index contributed by atoms with van der Waals surface area (Å²) in [4.78, 5) is 0. The second-order valence-electron chi connectivity index (χ2n) is 4.22. The molecule has 1 aliphatic carbocycles. The first-order valence-electron chi connectivity index (χ1n) is 4.77. The fourth-order valence-electron chi connectivity index (χ4n) is 2.28. The number of rotatable bonds is 2. The highest BCUT2D eigenvalue weighted by molar-refractivity contribution is 5.14. The van der Waals surface area contributed by atoms with Gasteiger partial charge in [0.2, 0.25) is 0 Å². The Morgan fingerprint density at radius 1 is 1.45 bits per heavy atom. The van der Waals surface area contributed by atoms with E-state index in [1.54, 1.807) is 0 Å². The van der Waals surface area contributed by atoms with Crippen LogP contribution in [0.3, 0.4) is 0 Å². The molecule has 0 bridgehead atoms. The van der Waals surface area contributed by atoms with E-state index in [0.717, 1.165) is 0 Å². The Morgan fingerprint density at radius 2 is 2.27 bits per heavy atom. The summed E-state index contributed by atoms with van der Waals surface area (Å²) in [5.41, 5.74) is 0.242. The van der Waals surface area contributed by atoms with Gasteiger partial charge in [0, 0.05) is 0 Å². The van der Waals surface area contributed by atoms with Gasteiger partial charge in [-0.2, -0.15) is 0 Å². The highest BCUT2D eigenvalue weighted by Gasteiger charge is 2.56. The van der Waals surface area contributed by atoms with Crippen LogP contribution in [-0.4, -0.2) is 11.7 Å². The minimum atomic E-state index is 0.242. The monoisotopic (exact) mass is 153 g/mol. The molecule has 1 saturated carbocycles. The molecule has 2 aliphatic rings. The van der Waals surface area contributed by atoms with Crippen molar-refractivity contribution in [1.82, 2.24) is 0 Å². The van der Waals surface area contributed by atoms with E-state index in [1.165, 1.54) is 25.7 Å². The van der Waals surface area contributed by atoms with Crippen molar-refractivity contribution in [1.29, 1.82) is 0 Å². The molecule has 2 atom stereocenters. The van der Waals surface area contributed by atoms with Crippen molar-refractivity contribution in [3.8, 4) is 0 Å². The molecule has 11 heavy (non-hydrogen) atoms. The Balaban J connectivity index is 1.92. The molecule has 2 rings (SSSR count). The number of ether oxygens (including phenoxy) is 1. The van der Waals surface area contributed by atoms with Crippen molar-refractivity contribution in [2.75, 3.05) is 0 Å². The topological polar surface area (TPSA) is 12.5 Å². The molecule has 1 heteroatoms. The predicted octanol–water partition coefficient (Wildman–Crippen LogP) is 2.56. The van der Waals surface area contributed by atoms with Crippen LogP contribution in [0.25, 0.3) is 0 Å². The summed E-state index contributed by atoms with van der Waals surface area (Å²) in [6.45, 7) is 4.48. The SMILES string of the molecule is CC(C)[CH]C12CCCCC1O2. The molecule has 0 aromatic carbocycles. The van der Waals surface area contributed by atoms with Crippen LogP contribution in [0.4, 0.5) is 0 Å². The molecule has 1 heterocycles. The Bertz CT molecular complexity index is 153. The molecule has 1 aliphatic heterocycles. The maximum Gasteiger partial charge on any atom is 0.0982 e. The normalized spacial score (nSPS) is 42.3. The largest absolute Gasteiger partial charge is 0.366 e. The first kappa shape index (κ1) is 7.60. The van der Waals surface area contributed by atoms with E-state index in [-0.39, 0.29) is 5.60 Å². The Kier molecular flexibility index (Phi) is 1.71. The van der Waals surface area contributed by atoms with Crippen LogP contribution < -0.4 is 0 Å². The summed E-state index contributed by atoms with van der Waals surface area (Å²) >= 11 is 0. The van der Waals surface area contributed by atoms with Crippen molar-refractivity contribution in [3.05, 3.63) is 6.42 Å². The van der Waals surface area contributed by atoms with Crippen LogP contribution in [0.5, 0.6) is 0 Å². The zero-order valence-corrected chi connectivity index (χ0v) is 7.47. The van der Waals surface area contributed by atoms with E-state index in [2.05, 4.69) is 20.3 Å². The van der Waals surface area contributed by atoms with Crippen LogP contribution in [-0.2, 0) is 4.74 Å². The fourth-order valence-corrected chi connectivity index (χ4v) is 2.28. The van der Waals surface area contributed by atoms with Gasteiger partial charge in [0.15, 0.2) is 0 Å². The van der Waals surface area contributed by atoms with Gasteiger partial charge in [-0.3, -0.25) is 0 Å². The van der Waals surface area contributed by atoms with Gasteiger partial charge in [0.05, 0.1) is 11.7 Å². The lowest BCUT2D eigenvalue weighted by Gasteiger charge is -2.18. The molecule has 63 valence electrons. The summed E-state index contributed by atoms with van der Waals surface area (Å²) in [5.74, 6) is 0.679. The van der Waals surface area contributed by atoms with Crippen LogP contribution in [0.15, 0.2) is 0 Å². The minimum Gasteiger partial charge on any atom is -0.366 e. The van der Waals surface area contributed by atoms with E-state index in [4.69, 9.17) is 4.74 Å². The van der Waals surface area contributed by atoms with Crippen molar-refractivity contribution in [3.63, 3.8) is 0 Å². The molecule has 0 spiro atoms. The van der Waals surface area contributed by atoms with Crippen molar-refractivity contribution in [2.24, 2.45) is 5.92 Å². The van der Waals surface area contributed by atoms with Gasteiger partial charge in [-0.15, -0.1) is 0 Å². The van der Waals surface area contributed by atoms with Crippen molar-refractivity contribution in [2.45, 2.75) is 51.2 Å². The van der Waals surface area contributed by atoms with Gasteiger partial charge in [-0.05, 0) is 25.2 Å². The van der Waals surface area contributed by atoms with Gasteiger partial charge < -0.3 is 4.74 Å². The zero-order chi connectivity index (χ0) is 7.90. The molecule has 0 N–H and O–H groups in total. The fraction of sp³-hybridized carbons (Fsp3) is 0.900. The van der Waals surface area contributed by atoms with E-state index in [1.807, 2.05) is 0 Å². The molecule has 1 saturated heterocycles. The average Bonchev–Trinajstić information content (AvgIpc) is 2.59. The third-order valence-electron chi connectivity index (χ3n) is 2.75. The molecule has 2 fully saturated rings. The lowest BCUT2D eigenvalue weighted by Crippen LogP contribution is -2.22. The molecular formula is C10H17O. The Hall–Kier alpha value is -0.0400. The van der Waals surface area contributed by atoms with E-state index < -0.39 is 0 Å². The van der Waals surface area contributed by atoms with Crippen LogP contribution in [0, 0.1) is 12.3 Å². The van der Waals surface area contributed by atoms with E-state index >= 15 is 0 Å². The summed E-state index contributed by atoms with van der Waals surface area (Å²) in [6.07, 6.45) is 8.30.